The quantitative estimate of drug-likeness (QED) is 0.181. The van der Waals surface area contributed by atoms with Gasteiger partial charge in [-0.1, -0.05) is 45.7 Å². The summed E-state index contributed by atoms with van der Waals surface area (Å²) in [4.78, 5) is 30.1. The van der Waals surface area contributed by atoms with Crippen LogP contribution in [0.4, 0.5) is 4.39 Å². The number of aliphatic hydroxyl groups is 1. The lowest BCUT2D eigenvalue weighted by molar-refractivity contribution is -0.110. The molecule has 0 heterocycles. The topological polar surface area (TPSA) is 131 Å². The second-order valence-electron chi connectivity index (χ2n) is 8.15. The Kier molecular flexibility index (Phi) is 30.1. The summed E-state index contributed by atoms with van der Waals surface area (Å²) in [5, 5.41) is 26.0. The van der Waals surface area contributed by atoms with E-state index in [4.69, 9.17) is 10.4 Å². The van der Waals surface area contributed by atoms with Crippen LogP contribution in [0.3, 0.4) is 0 Å². The highest BCUT2D eigenvalue weighted by molar-refractivity contribution is 5.73. The summed E-state index contributed by atoms with van der Waals surface area (Å²) >= 11 is 0. The minimum atomic E-state index is -1.03. The summed E-state index contributed by atoms with van der Waals surface area (Å²) in [5.74, 6) is 0.542. The van der Waals surface area contributed by atoms with Crippen molar-refractivity contribution in [1.29, 1.82) is 5.26 Å². The van der Waals surface area contributed by atoms with Crippen LogP contribution >= 0.6 is 0 Å². The van der Waals surface area contributed by atoms with Crippen molar-refractivity contribution in [2.75, 3.05) is 27.7 Å². The number of rotatable bonds is 12. The van der Waals surface area contributed by atoms with Gasteiger partial charge in [-0.2, -0.15) is 5.26 Å². The average Bonchev–Trinajstić information content (AvgIpc) is 3.77. The van der Waals surface area contributed by atoms with E-state index < -0.39 is 6.10 Å². The Labute approximate surface area is 229 Å². The molecule has 2 unspecified atom stereocenters. The highest BCUT2D eigenvalue weighted by Gasteiger charge is 2.24. The van der Waals surface area contributed by atoms with Crippen LogP contribution in [0, 0.1) is 30.0 Å². The van der Waals surface area contributed by atoms with Gasteiger partial charge >= 0.3 is 0 Å². The van der Waals surface area contributed by atoms with Crippen LogP contribution in [0.15, 0.2) is 24.3 Å². The lowest BCUT2D eigenvalue weighted by Gasteiger charge is -2.15. The highest BCUT2D eigenvalue weighted by atomic mass is 19.1. The fraction of sp³-hybridized carbons (Fsp3) is 0.586. The number of aldehydes is 3. The van der Waals surface area contributed by atoms with Gasteiger partial charge in [0, 0.05) is 18.0 Å². The highest BCUT2D eigenvalue weighted by Crippen LogP contribution is 2.33. The van der Waals surface area contributed by atoms with Crippen molar-refractivity contribution in [2.45, 2.75) is 78.0 Å². The Bertz CT molecular complexity index is 793. The number of hydrogen-bond acceptors (Lipinski definition) is 8. The van der Waals surface area contributed by atoms with E-state index in [1.807, 2.05) is 34.9 Å². The predicted octanol–water partition coefficient (Wildman–Crippen LogP) is 3.61. The molecule has 3 atom stereocenters. The molecule has 8 nitrogen and oxygen atoms in total. The largest absolute Gasteiger partial charge is 0.376 e. The van der Waals surface area contributed by atoms with E-state index in [1.54, 1.807) is 25.2 Å². The van der Waals surface area contributed by atoms with Gasteiger partial charge in [0.05, 0.1) is 12.1 Å². The van der Waals surface area contributed by atoms with Gasteiger partial charge in [-0.05, 0) is 77.2 Å². The molecule has 0 radical (unpaired) electrons. The van der Waals surface area contributed by atoms with Crippen LogP contribution in [0.5, 0.6) is 0 Å². The first-order chi connectivity index (χ1) is 18.3. The van der Waals surface area contributed by atoms with Crippen LogP contribution in [0.2, 0.25) is 0 Å². The number of allylic oxidation sites excluding steroid dienone is 1. The van der Waals surface area contributed by atoms with Crippen LogP contribution in [0.1, 0.15) is 64.0 Å². The van der Waals surface area contributed by atoms with Gasteiger partial charge in [0.2, 0.25) is 0 Å². The van der Waals surface area contributed by atoms with E-state index in [2.05, 4.69) is 22.9 Å². The molecule has 4 N–H and O–H groups in total. The Morgan fingerprint density at radius 3 is 2.13 bits per heavy atom. The maximum absolute atomic E-state index is 13.0. The molecule has 1 aromatic carbocycles. The van der Waals surface area contributed by atoms with Gasteiger partial charge in [0.1, 0.15) is 24.7 Å². The number of aliphatic hydroxyl groups excluding tert-OH is 1. The molecule has 1 fully saturated rings. The van der Waals surface area contributed by atoms with E-state index in [-0.39, 0.29) is 17.9 Å². The number of carbonyl (C=O) groups is 3. The predicted molar refractivity (Wildman–Crippen MR) is 153 cm³/mol. The molecule has 0 saturated heterocycles. The van der Waals surface area contributed by atoms with Crippen LogP contribution in [0.25, 0.3) is 6.08 Å². The van der Waals surface area contributed by atoms with Gasteiger partial charge < -0.3 is 30.6 Å². The van der Waals surface area contributed by atoms with Crippen molar-refractivity contribution in [2.24, 2.45) is 5.92 Å². The van der Waals surface area contributed by atoms with Crippen LogP contribution < -0.4 is 16.0 Å². The Balaban J connectivity index is -0.000000440. The number of nitrogens with one attached hydrogen (secondary N) is 3. The first kappa shape index (κ1) is 39.7. The smallest absolute Gasteiger partial charge is 0.155 e. The minimum Gasteiger partial charge on any atom is -0.376 e. The Hall–Kier alpha value is -2.77. The number of nitriles is 1. The SMILES string of the molecule is CC.CCNC.CNC(CCC=O)C(O)C#N.CN[C@H](C=O)CC1CC1.Cc1ccc(/C=C/C=O)c(F)c1. The van der Waals surface area contributed by atoms with E-state index in [0.717, 1.165) is 37.0 Å². The molecule has 1 aliphatic carbocycles. The Morgan fingerprint density at radius 1 is 1.16 bits per heavy atom. The van der Waals surface area contributed by atoms with Crippen molar-refractivity contribution in [3.8, 4) is 6.07 Å². The number of carbonyl (C=O) groups excluding carboxylic acids is 3. The van der Waals surface area contributed by atoms with Gasteiger partial charge in [-0.3, -0.25) is 4.79 Å². The molecule has 1 aliphatic rings. The van der Waals surface area contributed by atoms with Crippen LogP contribution in [-0.4, -0.2) is 69.8 Å². The molecule has 2 rings (SSSR count). The van der Waals surface area contributed by atoms with Gasteiger partial charge in [0.25, 0.3) is 0 Å². The first-order valence-corrected chi connectivity index (χ1v) is 13.1. The second kappa shape index (κ2) is 28.8. The van der Waals surface area contributed by atoms with Crippen molar-refractivity contribution >= 4 is 24.9 Å². The maximum Gasteiger partial charge on any atom is 0.155 e. The maximum atomic E-state index is 13.0. The molecular formula is C29H49FN4O4. The molecule has 0 bridgehead atoms. The number of aryl methyl sites for hydroxylation is 1. The van der Waals surface area contributed by atoms with Gasteiger partial charge in [0.15, 0.2) is 6.10 Å². The fourth-order valence-electron chi connectivity index (χ4n) is 2.66. The molecule has 9 heteroatoms. The summed E-state index contributed by atoms with van der Waals surface area (Å²) in [6.45, 7) is 8.95. The Morgan fingerprint density at radius 2 is 1.76 bits per heavy atom. The molecule has 0 aromatic heterocycles. The zero-order chi connectivity index (χ0) is 29.8. The van der Waals surface area contributed by atoms with E-state index in [0.29, 0.717) is 24.7 Å². The van der Waals surface area contributed by atoms with Crippen LogP contribution in [-0.2, 0) is 14.4 Å². The van der Waals surface area contributed by atoms with E-state index in [9.17, 15) is 18.8 Å². The van der Waals surface area contributed by atoms with Gasteiger partial charge in [-0.25, -0.2) is 4.39 Å². The average molecular weight is 537 g/mol. The molecule has 1 aromatic rings. The summed E-state index contributed by atoms with van der Waals surface area (Å²) in [5.41, 5.74) is 1.31. The molecule has 38 heavy (non-hydrogen) atoms. The van der Waals surface area contributed by atoms with Crippen molar-refractivity contribution in [3.63, 3.8) is 0 Å². The lowest BCUT2D eigenvalue weighted by atomic mass is 10.1. The molecule has 0 aliphatic heterocycles. The van der Waals surface area contributed by atoms with Crippen molar-refractivity contribution in [1.82, 2.24) is 16.0 Å². The molecule has 1 saturated carbocycles. The standard InChI is InChI=1S/C10H9FO.C7H12N2O2.C7H13NO.C3H9N.C2H6/c1-8-4-5-9(3-2-6-12)10(11)7-8;1-9-6(3-2-4-10)7(11)5-8;1-8-7(5-9)4-6-2-3-6;1-3-4-2;1-2/h2-7H,1H3;4,6-7,9,11H,2-3H2,1H3;5-8H,2-4H2,1H3;4H,3H2,1-2H3;1-2H3/b3-2+;;;;/t;;7-;;/m..0../s1. The van der Waals surface area contributed by atoms with Crippen molar-refractivity contribution < 1.29 is 23.9 Å². The summed E-state index contributed by atoms with van der Waals surface area (Å²) in [6, 6.07) is 6.39. The number of likely N-dealkylation sites (N-methyl/N-ethyl adjacent to an activating group) is 2. The zero-order valence-electron chi connectivity index (χ0n) is 24.2. The summed E-state index contributed by atoms with van der Waals surface area (Å²) < 4.78 is 13.0. The third-order valence-electron chi connectivity index (χ3n) is 5.16. The fourth-order valence-corrected chi connectivity index (χ4v) is 2.66. The number of nitrogens with zero attached hydrogens (tertiary/aromatic N) is 1. The van der Waals surface area contributed by atoms with E-state index >= 15 is 0 Å². The monoisotopic (exact) mass is 536 g/mol. The lowest BCUT2D eigenvalue weighted by Crippen LogP contribution is -2.36. The summed E-state index contributed by atoms with van der Waals surface area (Å²) in [6.07, 6.45) is 8.64. The number of hydrogen-bond donors (Lipinski definition) is 4. The molecule has 0 amide bonds. The minimum absolute atomic E-state index is 0.109. The zero-order valence-corrected chi connectivity index (χ0v) is 24.2. The normalized spacial score (nSPS) is 13.7. The summed E-state index contributed by atoms with van der Waals surface area (Å²) in [7, 11) is 5.41. The molecular weight excluding hydrogens is 487 g/mol. The van der Waals surface area contributed by atoms with Crippen molar-refractivity contribution in [3.05, 3.63) is 41.2 Å². The van der Waals surface area contributed by atoms with Gasteiger partial charge in [-0.15, -0.1) is 0 Å². The second-order valence-corrected chi connectivity index (χ2v) is 8.15. The molecule has 0 spiro atoms. The molecule has 216 valence electrons. The van der Waals surface area contributed by atoms with E-state index in [1.165, 1.54) is 31.1 Å². The number of benzene rings is 1. The number of halogens is 1. The third kappa shape index (κ3) is 23.6. The first-order valence-electron chi connectivity index (χ1n) is 13.1. The third-order valence-corrected chi connectivity index (χ3v) is 5.16.